The highest BCUT2D eigenvalue weighted by molar-refractivity contribution is 8.22. The fraction of sp³-hybridized carbons (Fsp3) is 0.269. The minimum absolute atomic E-state index is 0.0419. The van der Waals surface area contributed by atoms with Crippen LogP contribution in [0.1, 0.15) is 11.1 Å². The molecule has 0 atom stereocenters. The molecule has 38 heavy (non-hydrogen) atoms. The Hall–Kier alpha value is -3.58. The second kappa shape index (κ2) is 9.95. The van der Waals surface area contributed by atoms with Crippen LogP contribution in [-0.4, -0.2) is 63.9 Å². The molecular weight excluding hydrogens is 530 g/mol. The molecule has 0 radical (unpaired) electrons. The smallest absolute Gasteiger partial charge is 0.269 e. The zero-order valence-electron chi connectivity index (χ0n) is 20.1. The molecule has 0 unspecified atom stereocenters. The normalized spacial score (nSPS) is 16.5. The fourth-order valence-electron chi connectivity index (χ4n) is 4.77. The molecule has 0 saturated carbocycles. The third kappa shape index (κ3) is 4.49. The Labute approximate surface area is 227 Å². The van der Waals surface area contributed by atoms with Crippen LogP contribution in [0.4, 0.5) is 5.69 Å². The molecule has 0 amide bonds. The molecule has 12 heteroatoms. The van der Waals surface area contributed by atoms with Gasteiger partial charge in [0.05, 0.1) is 4.92 Å². The number of thiocarbonyl (C=S) groups is 1. The molecule has 1 N–H and O–H groups in total. The molecule has 0 aliphatic carbocycles. The second-order valence-corrected chi connectivity index (χ2v) is 10.6. The van der Waals surface area contributed by atoms with E-state index in [0.717, 1.165) is 4.90 Å². The van der Waals surface area contributed by atoms with Gasteiger partial charge in [-0.15, -0.1) is 0 Å². The summed E-state index contributed by atoms with van der Waals surface area (Å²) in [7, 11) is 0. The van der Waals surface area contributed by atoms with Gasteiger partial charge in [-0.2, -0.15) is 0 Å². The van der Waals surface area contributed by atoms with E-state index in [1.54, 1.807) is 12.1 Å². The van der Waals surface area contributed by atoms with Crippen molar-refractivity contribution in [1.29, 1.82) is 0 Å². The molecule has 1 saturated heterocycles. The van der Waals surface area contributed by atoms with Crippen molar-refractivity contribution in [2.45, 2.75) is 10.6 Å². The van der Waals surface area contributed by atoms with E-state index < -0.39 is 10.6 Å². The number of hydrogen-bond donors (Lipinski definition) is 1. The van der Waals surface area contributed by atoms with Gasteiger partial charge in [0.1, 0.15) is 4.32 Å². The number of rotatable bonds is 5. The Balaban J connectivity index is 1.23. The van der Waals surface area contributed by atoms with Crippen LogP contribution in [0.25, 0.3) is 0 Å². The predicted octanol–water partition coefficient (Wildman–Crippen LogP) is 3.94. The lowest BCUT2D eigenvalue weighted by molar-refractivity contribution is -0.384. The Kier molecular flexibility index (Phi) is 6.48. The zero-order valence-corrected chi connectivity index (χ0v) is 21.7. The Morgan fingerprint density at radius 2 is 1.37 bits per heavy atom. The first kappa shape index (κ1) is 24.7. The number of piperazine rings is 1. The Morgan fingerprint density at radius 1 is 0.842 bits per heavy atom. The van der Waals surface area contributed by atoms with E-state index in [-0.39, 0.29) is 19.3 Å². The van der Waals surface area contributed by atoms with Gasteiger partial charge in [-0.1, -0.05) is 36.1 Å². The van der Waals surface area contributed by atoms with Crippen molar-refractivity contribution in [3.63, 3.8) is 0 Å². The number of nitrogens with zero attached hydrogens (tertiary/aromatic N) is 3. The first-order valence-corrected chi connectivity index (χ1v) is 13.1. The number of aliphatic hydroxyl groups is 1. The highest BCUT2D eigenvalue weighted by atomic mass is 32.2. The summed E-state index contributed by atoms with van der Waals surface area (Å²) < 4.78 is 22.8. The van der Waals surface area contributed by atoms with Gasteiger partial charge < -0.3 is 29.0 Å². The number of nitro benzene ring substituents is 1. The van der Waals surface area contributed by atoms with Gasteiger partial charge in [0.25, 0.3) is 5.69 Å². The third-order valence-corrected chi connectivity index (χ3v) is 8.25. The van der Waals surface area contributed by atoms with Crippen LogP contribution in [0.2, 0.25) is 0 Å². The predicted molar refractivity (Wildman–Crippen MR) is 143 cm³/mol. The SMILES string of the molecule is O=[N+]([O-])c1ccc(SC(=S)N2CCN(C(O)(c3ccc4c(c3)OCO4)c3ccc4c(c3)OCO4)CC2)cc1. The van der Waals surface area contributed by atoms with Crippen LogP contribution in [0.15, 0.2) is 65.6 Å². The minimum atomic E-state index is -1.47. The van der Waals surface area contributed by atoms with E-state index >= 15 is 0 Å². The molecule has 0 spiro atoms. The van der Waals surface area contributed by atoms with Gasteiger partial charge in [0.2, 0.25) is 13.6 Å². The van der Waals surface area contributed by atoms with Crippen LogP contribution < -0.4 is 18.9 Å². The molecule has 1 fully saturated rings. The average Bonchev–Trinajstić information content (AvgIpc) is 3.61. The van der Waals surface area contributed by atoms with Crippen molar-refractivity contribution >= 4 is 34.0 Å². The van der Waals surface area contributed by atoms with E-state index in [1.807, 2.05) is 41.3 Å². The van der Waals surface area contributed by atoms with Gasteiger partial charge >= 0.3 is 0 Å². The number of thioether (sulfide) groups is 1. The number of hydrogen-bond acceptors (Lipinski definition) is 10. The lowest BCUT2D eigenvalue weighted by Gasteiger charge is -2.45. The third-order valence-electron chi connectivity index (χ3n) is 6.80. The monoisotopic (exact) mass is 553 g/mol. The van der Waals surface area contributed by atoms with Crippen molar-refractivity contribution in [2.75, 3.05) is 39.8 Å². The van der Waals surface area contributed by atoms with Crippen LogP contribution in [-0.2, 0) is 5.72 Å². The molecule has 3 aliphatic heterocycles. The summed E-state index contributed by atoms with van der Waals surface area (Å²) in [5.41, 5.74) is -0.129. The highest BCUT2D eigenvalue weighted by Gasteiger charge is 2.42. The Morgan fingerprint density at radius 3 is 1.89 bits per heavy atom. The standard InChI is InChI=1S/C26H23N3O7S2/c30-26(17-1-7-21-23(13-17)35-15-33-21,18-2-8-22-24(14-18)36-16-34-22)28-11-9-27(10-12-28)25(37)38-20-5-3-19(4-6-20)29(31)32/h1-8,13-14,30H,9-12,15-16H2. The van der Waals surface area contributed by atoms with E-state index in [4.69, 9.17) is 31.2 Å². The summed E-state index contributed by atoms with van der Waals surface area (Å²) in [5, 5.41) is 23.3. The summed E-state index contributed by atoms with van der Waals surface area (Å²) in [4.78, 5) is 15.4. The molecular formula is C26H23N3O7S2. The van der Waals surface area contributed by atoms with Gasteiger partial charge in [-0.05, 0) is 36.4 Å². The summed E-state index contributed by atoms with van der Waals surface area (Å²) in [6.45, 7) is 2.53. The summed E-state index contributed by atoms with van der Waals surface area (Å²) in [5.74, 6) is 2.45. The van der Waals surface area contributed by atoms with E-state index in [2.05, 4.69) is 4.90 Å². The topological polar surface area (TPSA) is 107 Å². The molecule has 10 nitrogen and oxygen atoms in total. The molecule has 0 aromatic heterocycles. The average molecular weight is 554 g/mol. The number of benzene rings is 3. The van der Waals surface area contributed by atoms with Crippen LogP contribution in [0.3, 0.4) is 0 Å². The van der Waals surface area contributed by atoms with Gasteiger partial charge in [-0.3, -0.25) is 15.0 Å². The number of fused-ring (bicyclic) bond motifs is 2. The maximum absolute atomic E-state index is 12.4. The number of nitro groups is 1. The highest BCUT2D eigenvalue weighted by Crippen LogP contribution is 2.43. The van der Waals surface area contributed by atoms with Crippen molar-refractivity contribution in [3.05, 3.63) is 81.9 Å². The van der Waals surface area contributed by atoms with Gasteiger partial charge in [0, 0.05) is 54.3 Å². The van der Waals surface area contributed by atoms with Crippen LogP contribution in [0.5, 0.6) is 23.0 Å². The van der Waals surface area contributed by atoms with E-state index in [1.165, 1.54) is 23.9 Å². The molecule has 3 aromatic carbocycles. The van der Waals surface area contributed by atoms with Crippen LogP contribution in [0, 0.1) is 10.1 Å². The molecule has 3 aliphatic rings. The molecule has 3 aromatic rings. The minimum Gasteiger partial charge on any atom is -0.454 e. The molecule has 3 heterocycles. The quantitative estimate of drug-likeness (QED) is 0.215. The fourth-order valence-corrected chi connectivity index (χ4v) is 6.03. The van der Waals surface area contributed by atoms with Gasteiger partial charge in [0.15, 0.2) is 28.7 Å². The maximum Gasteiger partial charge on any atom is 0.269 e. The van der Waals surface area contributed by atoms with Crippen LogP contribution >= 0.6 is 24.0 Å². The lowest BCUT2D eigenvalue weighted by Crippen LogP contribution is -2.56. The summed E-state index contributed by atoms with van der Waals surface area (Å²) in [6, 6.07) is 17.3. The largest absolute Gasteiger partial charge is 0.454 e. The van der Waals surface area contributed by atoms with E-state index in [9.17, 15) is 15.2 Å². The lowest BCUT2D eigenvalue weighted by atomic mass is 9.91. The first-order valence-electron chi connectivity index (χ1n) is 11.9. The summed E-state index contributed by atoms with van der Waals surface area (Å²) in [6.07, 6.45) is 0. The van der Waals surface area contributed by atoms with Crippen molar-refractivity contribution in [1.82, 2.24) is 9.80 Å². The summed E-state index contributed by atoms with van der Waals surface area (Å²) >= 11 is 7.07. The Bertz CT molecular complexity index is 1340. The van der Waals surface area contributed by atoms with E-state index in [0.29, 0.717) is 64.6 Å². The molecule has 196 valence electrons. The van der Waals surface area contributed by atoms with Gasteiger partial charge in [-0.25, -0.2) is 0 Å². The zero-order chi connectivity index (χ0) is 26.3. The first-order chi connectivity index (χ1) is 18.4. The number of ether oxygens (including phenoxy) is 4. The molecule has 6 rings (SSSR count). The molecule has 0 bridgehead atoms. The number of non-ortho nitro benzene ring substituents is 1. The van der Waals surface area contributed by atoms with Crippen molar-refractivity contribution in [3.8, 4) is 23.0 Å². The second-order valence-electron chi connectivity index (χ2n) is 8.90. The van der Waals surface area contributed by atoms with Crippen molar-refractivity contribution < 1.29 is 29.0 Å². The van der Waals surface area contributed by atoms with Crippen molar-refractivity contribution in [2.24, 2.45) is 0 Å². The maximum atomic E-state index is 12.4.